The fraction of sp³-hybridized carbons (Fsp3) is 0.467. The van der Waals surface area contributed by atoms with Crippen LogP contribution in [0.4, 0.5) is 0 Å². The van der Waals surface area contributed by atoms with E-state index in [1.54, 1.807) is 4.68 Å². The van der Waals surface area contributed by atoms with Crippen LogP contribution in [-0.4, -0.2) is 43.2 Å². The summed E-state index contributed by atoms with van der Waals surface area (Å²) in [5.74, 6) is 0.878. The van der Waals surface area contributed by atoms with Gasteiger partial charge in [0.2, 0.25) is 0 Å². The van der Waals surface area contributed by atoms with Crippen LogP contribution in [0.1, 0.15) is 32.5 Å². The van der Waals surface area contributed by atoms with Gasteiger partial charge in [0.1, 0.15) is 0 Å². The monoisotopic (exact) mass is 303 g/mol. The van der Waals surface area contributed by atoms with Crippen LogP contribution in [0.25, 0.3) is 5.69 Å². The molecule has 21 heavy (non-hydrogen) atoms. The van der Waals surface area contributed by atoms with E-state index in [1.165, 1.54) is 0 Å². The Labute approximate surface area is 131 Å². The van der Waals surface area contributed by atoms with Gasteiger partial charge in [-0.05, 0) is 49.2 Å². The molecule has 1 heterocycles. The topological polar surface area (TPSA) is 46.8 Å². The maximum absolute atomic E-state index is 5.46. The fourth-order valence-electron chi connectivity index (χ4n) is 2.26. The van der Waals surface area contributed by atoms with E-state index in [0.29, 0.717) is 0 Å². The van der Waals surface area contributed by atoms with Gasteiger partial charge in [-0.15, -0.1) is 5.10 Å². The molecule has 0 atom stereocenters. The summed E-state index contributed by atoms with van der Waals surface area (Å²) in [6.07, 6.45) is 2.69. The minimum Gasteiger partial charge on any atom is -0.367 e. The highest BCUT2D eigenvalue weighted by atomic mass is 32.1. The van der Waals surface area contributed by atoms with Gasteiger partial charge >= 0.3 is 0 Å². The van der Waals surface area contributed by atoms with E-state index < -0.39 is 0 Å². The summed E-state index contributed by atoms with van der Waals surface area (Å²) < 4.78 is 1.79. The summed E-state index contributed by atoms with van der Waals surface area (Å²) in [7, 11) is 0. The average molecular weight is 303 g/mol. The zero-order valence-electron chi connectivity index (χ0n) is 12.6. The summed E-state index contributed by atoms with van der Waals surface area (Å²) in [4.78, 5) is 3.24. The standard InChI is InChI=1S/C15H21N5S/c1-3-19(4-2)15(21)12-8-11-14-16-17-18-20(14)13-9-6-5-7-10-13/h5-7,9-10H,3-4,8,11-12H2,1-2H3. The van der Waals surface area contributed by atoms with Crippen LogP contribution in [-0.2, 0) is 6.42 Å². The fourth-order valence-corrected chi connectivity index (χ4v) is 2.67. The first-order valence-electron chi connectivity index (χ1n) is 7.36. The van der Waals surface area contributed by atoms with Gasteiger partial charge in [0.15, 0.2) is 5.82 Å². The van der Waals surface area contributed by atoms with E-state index in [4.69, 9.17) is 12.2 Å². The largest absolute Gasteiger partial charge is 0.367 e. The van der Waals surface area contributed by atoms with Crippen LogP contribution in [0, 0.1) is 0 Å². The number of para-hydroxylation sites is 1. The highest BCUT2D eigenvalue weighted by molar-refractivity contribution is 7.80. The number of aromatic nitrogens is 4. The van der Waals surface area contributed by atoms with Crippen LogP contribution >= 0.6 is 12.2 Å². The van der Waals surface area contributed by atoms with Gasteiger partial charge in [0.25, 0.3) is 0 Å². The lowest BCUT2D eigenvalue weighted by atomic mass is 10.2. The molecule has 2 aromatic rings. The second-order valence-electron chi connectivity index (χ2n) is 4.76. The minimum atomic E-state index is 0.823. The number of aryl methyl sites for hydroxylation is 1. The maximum atomic E-state index is 5.46. The van der Waals surface area contributed by atoms with E-state index >= 15 is 0 Å². The highest BCUT2D eigenvalue weighted by Gasteiger charge is 2.09. The Bertz CT molecular complexity index is 562. The molecule has 112 valence electrons. The van der Waals surface area contributed by atoms with Gasteiger partial charge in [-0.2, -0.15) is 4.68 Å². The highest BCUT2D eigenvalue weighted by Crippen LogP contribution is 2.10. The number of tetrazole rings is 1. The maximum Gasteiger partial charge on any atom is 0.156 e. The van der Waals surface area contributed by atoms with Gasteiger partial charge in [-0.1, -0.05) is 30.4 Å². The predicted octanol–water partition coefficient (Wildman–Crippen LogP) is 2.65. The minimum absolute atomic E-state index is 0.823. The summed E-state index contributed by atoms with van der Waals surface area (Å²) >= 11 is 5.46. The van der Waals surface area contributed by atoms with E-state index in [-0.39, 0.29) is 0 Å². The Morgan fingerprint density at radius 3 is 2.57 bits per heavy atom. The molecule has 0 aliphatic carbocycles. The van der Waals surface area contributed by atoms with Crippen molar-refractivity contribution in [3.05, 3.63) is 36.2 Å². The van der Waals surface area contributed by atoms with E-state index in [9.17, 15) is 0 Å². The molecular weight excluding hydrogens is 282 g/mol. The second-order valence-corrected chi connectivity index (χ2v) is 5.23. The quantitative estimate of drug-likeness (QED) is 0.736. The predicted molar refractivity (Wildman–Crippen MR) is 87.6 cm³/mol. The van der Waals surface area contributed by atoms with Gasteiger partial charge < -0.3 is 4.90 Å². The van der Waals surface area contributed by atoms with Crippen LogP contribution in [0.2, 0.25) is 0 Å². The zero-order valence-corrected chi connectivity index (χ0v) is 13.4. The van der Waals surface area contributed by atoms with Crippen molar-refractivity contribution in [1.82, 2.24) is 25.1 Å². The lowest BCUT2D eigenvalue weighted by molar-refractivity contribution is 0.462. The van der Waals surface area contributed by atoms with Crippen molar-refractivity contribution in [2.75, 3.05) is 13.1 Å². The summed E-state index contributed by atoms with van der Waals surface area (Å²) in [6, 6.07) is 9.95. The third-order valence-corrected chi connectivity index (χ3v) is 3.90. The normalized spacial score (nSPS) is 10.6. The van der Waals surface area contributed by atoms with Crippen molar-refractivity contribution in [2.24, 2.45) is 0 Å². The number of rotatable bonds is 7. The molecule has 1 aromatic carbocycles. The number of benzene rings is 1. The molecule has 0 fully saturated rings. The molecule has 6 heteroatoms. The number of thiocarbonyl (C=S) groups is 1. The first-order valence-corrected chi connectivity index (χ1v) is 7.77. The van der Waals surface area contributed by atoms with E-state index in [1.807, 2.05) is 30.3 Å². The van der Waals surface area contributed by atoms with E-state index in [0.717, 1.165) is 48.9 Å². The van der Waals surface area contributed by atoms with Gasteiger partial charge in [0, 0.05) is 19.5 Å². The Balaban J connectivity index is 1.93. The van der Waals surface area contributed by atoms with Crippen molar-refractivity contribution in [2.45, 2.75) is 33.1 Å². The second kappa shape index (κ2) is 7.83. The molecule has 2 rings (SSSR count). The Morgan fingerprint density at radius 2 is 1.90 bits per heavy atom. The summed E-state index contributed by atoms with van der Waals surface area (Å²) in [6.45, 7) is 6.20. The molecular formula is C15H21N5S. The number of hydrogen-bond acceptors (Lipinski definition) is 4. The SMILES string of the molecule is CCN(CC)C(=S)CCCc1nnnn1-c1ccccc1. The summed E-state index contributed by atoms with van der Waals surface area (Å²) in [5.41, 5.74) is 0.990. The van der Waals surface area contributed by atoms with Gasteiger partial charge in [0.05, 0.1) is 10.7 Å². The molecule has 0 saturated heterocycles. The smallest absolute Gasteiger partial charge is 0.156 e. The van der Waals surface area contributed by atoms with Crippen LogP contribution in [0.15, 0.2) is 30.3 Å². The molecule has 5 nitrogen and oxygen atoms in total. The Hall–Kier alpha value is -1.82. The Kier molecular flexibility index (Phi) is 5.80. The number of hydrogen-bond donors (Lipinski definition) is 0. The molecule has 1 aromatic heterocycles. The van der Waals surface area contributed by atoms with Crippen molar-refractivity contribution in [1.29, 1.82) is 0 Å². The van der Waals surface area contributed by atoms with Crippen molar-refractivity contribution in [3.63, 3.8) is 0 Å². The molecule has 0 N–H and O–H groups in total. The molecule has 0 aliphatic rings. The number of nitrogens with zero attached hydrogens (tertiary/aromatic N) is 5. The molecule has 0 bridgehead atoms. The van der Waals surface area contributed by atoms with Crippen molar-refractivity contribution >= 4 is 17.2 Å². The Morgan fingerprint density at radius 1 is 1.19 bits per heavy atom. The molecule has 0 saturated carbocycles. The molecule has 0 amide bonds. The first-order chi connectivity index (χ1) is 10.3. The molecule has 0 spiro atoms. The van der Waals surface area contributed by atoms with Crippen LogP contribution in [0.5, 0.6) is 0 Å². The molecule has 0 aliphatic heterocycles. The van der Waals surface area contributed by atoms with Crippen molar-refractivity contribution in [3.8, 4) is 5.69 Å². The zero-order chi connectivity index (χ0) is 15.1. The summed E-state index contributed by atoms with van der Waals surface area (Å²) in [5, 5.41) is 12.0. The van der Waals surface area contributed by atoms with Gasteiger partial charge in [-0.3, -0.25) is 0 Å². The van der Waals surface area contributed by atoms with Crippen molar-refractivity contribution < 1.29 is 0 Å². The molecule has 0 radical (unpaired) electrons. The average Bonchev–Trinajstić information content (AvgIpc) is 2.98. The van der Waals surface area contributed by atoms with Crippen LogP contribution < -0.4 is 0 Å². The lowest BCUT2D eigenvalue weighted by Crippen LogP contribution is -2.28. The van der Waals surface area contributed by atoms with Crippen LogP contribution in [0.3, 0.4) is 0 Å². The third kappa shape index (κ3) is 4.07. The molecule has 0 unspecified atom stereocenters. The van der Waals surface area contributed by atoms with E-state index in [2.05, 4.69) is 34.3 Å². The van der Waals surface area contributed by atoms with Gasteiger partial charge in [-0.25, -0.2) is 0 Å². The lowest BCUT2D eigenvalue weighted by Gasteiger charge is -2.21. The first kappa shape index (κ1) is 15.6. The third-order valence-electron chi connectivity index (χ3n) is 3.44.